The molecule has 80 valence electrons. The minimum atomic E-state index is 0.679. The van der Waals surface area contributed by atoms with Gasteiger partial charge in [0, 0.05) is 12.1 Å². The molecule has 2 nitrogen and oxygen atoms in total. The van der Waals surface area contributed by atoms with E-state index in [2.05, 4.69) is 4.98 Å². The van der Waals surface area contributed by atoms with Crippen molar-refractivity contribution in [2.45, 2.75) is 46.5 Å². The third-order valence-corrected chi connectivity index (χ3v) is 2.67. The molecule has 3 heteroatoms. The van der Waals surface area contributed by atoms with Gasteiger partial charge in [-0.05, 0) is 12.8 Å². The second-order valence-electron chi connectivity index (χ2n) is 2.49. The number of hydrogen-bond donors (Lipinski definition) is 0. The number of hydrogen-bond acceptors (Lipinski definition) is 3. The molecule has 0 bridgehead atoms. The number of aromatic nitrogens is 1. The van der Waals surface area contributed by atoms with Gasteiger partial charge in [0.25, 0.3) is 0 Å². The van der Waals surface area contributed by atoms with E-state index in [1.807, 2.05) is 27.7 Å². The maximum Gasteiger partial charge on any atom is 0.161 e. The Balaban J connectivity index is 0.000000379. The van der Waals surface area contributed by atoms with Crippen LogP contribution in [0.4, 0.5) is 0 Å². The van der Waals surface area contributed by atoms with Crippen LogP contribution in [0.5, 0.6) is 0 Å². The van der Waals surface area contributed by atoms with Crippen molar-refractivity contribution in [2.75, 3.05) is 0 Å². The third-order valence-electron chi connectivity index (χ3n) is 1.58. The van der Waals surface area contributed by atoms with Gasteiger partial charge in [-0.3, -0.25) is 4.79 Å². The summed E-state index contributed by atoms with van der Waals surface area (Å²) in [5.41, 5.74) is 0. The Hall–Kier alpha value is -0.700. The van der Waals surface area contributed by atoms with Crippen LogP contribution in [-0.2, 0) is 0 Å². The van der Waals surface area contributed by atoms with E-state index >= 15 is 0 Å². The molecule has 1 aromatic heterocycles. The summed E-state index contributed by atoms with van der Waals surface area (Å²) in [5.74, 6) is 0.679. The lowest BCUT2D eigenvalue weighted by atomic mass is 10.5. The Morgan fingerprint density at radius 2 is 1.93 bits per heavy atom. The highest BCUT2D eigenvalue weighted by Gasteiger charge is 2.26. The van der Waals surface area contributed by atoms with E-state index in [9.17, 15) is 4.79 Å². The molecule has 1 heterocycles. The monoisotopic (exact) mass is 213 g/mol. The van der Waals surface area contributed by atoms with Gasteiger partial charge in [0.15, 0.2) is 6.29 Å². The summed E-state index contributed by atoms with van der Waals surface area (Å²) in [6.07, 6.45) is 5.03. The van der Waals surface area contributed by atoms with Crippen molar-refractivity contribution >= 4 is 17.6 Å². The van der Waals surface area contributed by atoms with Crippen LogP contribution in [0.2, 0.25) is 0 Å². The Morgan fingerprint density at radius 1 is 1.36 bits per heavy atom. The molecule has 2 rings (SSSR count). The standard InChI is InChI=1S/C7H7NOS.2C2H6/c9-4-6-3-8-7(10-6)5-1-2-5;2*1-2/h3-5H,1-2H2;2*1-2H3. The zero-order valence-corrected chi connectivity index (χ0v) is 10.2. The number of rotatable bonds is 2. The van der Waals surface area contributed by atoms with Gasteiger partial charge >= 0.3 is 0 Å². The Bertz CT molecular complexity index is 254. The first-order valence-corrected chi connectivity index (χ1v) is 6.12. The van der Waals surface area contributed by atoms with Crippen molar-refractivity contribution in [3.63, 3.8) is 0 Å². The van der Waals surface area contributed by atoms with E-state index in [-0.39, 0.29) is 0 Å². The minimum Gasteiger partial charge on any atom is -0.297 e. The lowest BCUT2D eigenvalue weighted by Crippen LogP contribution is -1.70. The molecule has 1 fully saturated rings. The molecule has 0 amide bonds. The maximum absolute atomic E-state index is 10.2. The van der Waals surface area contributed by atoms with E-state index < -0.39 is 0 Å². The first-order chi connectivity index (χ1) is 6.90. The van der Waals surface area contributed by atoms with Gasteiger partial charge in [0.2, 0.25) is 0 Å². The summed E-state index contributed by atoms with van der Waals surface area (Å²) in [7, 11) is 0. The largest absolute Gasteiger partial charge is 0.297 e. The lowest BCUT2D eigenvalue weighted by Gasteiger charge is -1.81. The Labute approximate surface area is 90.4 Å². The van der Waals surface area contributed by atoms with Crippen LogP contribution in [0.25, 0.3) is 0 Å². The zero-order chi connectivity index (χ0) is 11.0. The van der Waals surface area contributed by atoms with E-state index in [0.717, 1.165) is 16.2 Å². The topological polar surface area (TPSA) is 30.0 Å². The zero-order valence-electron chi connectivity index (χ0n) is 9.41. The molecular formula is C11H19NOS. The van der Waals surface area contributed by atoms with Gasteiger partial charge in [0.1, 0.15) is 0 Å². The Morgan fingerprint density at radius 3 is 2.29 bits per heavy atom. The van der Waals surface area contributed by atoms with Crippen LogP contribution >= 0.6 is 11.3 Å². The molecule has 1 saturated carbocycles. The van der Waals surface area contributed by atoms with Crippen molar-refractivity contribution in [1.82, 2.24) is 4.98 Å². The summed E-state index contributed by atoms with van der Waals surface area (Å²) < 4.78 is 0. The van der Waals surface area contributed by atoms with Crippen LogP contribution in [0.1, 0.15) is 61.1 Å². The average molecular weight is 213 g/mol. The predicted octanol–water partition coefficient (Wildman–Crippen LogP) is 3.89. The molecule has 0 aliphatic heterocycles. The number of carbonyl (C=O) groups is 1. The number of carbonyl (C=O) groups excluding carboxylic acids is 1. The van der Waals surface area contributed by atoms with Gasteiger partial charge < -0.3 is 0 Å². The fraction of sp³-hybridized carbons (Fsp3) is 0.636. The maximum atomic E-state index is 10.2. The molecule has 1 aromatic rings. The quantitative estimate of drug-likeness (QED) is 0.698. The van der Waals surface area contributed by atoms with Crippen molar-refractivity contribution in [3.8, 4) is 0 Å². The van der Waals surface area contributed by atoms with Gasteiger partial charge in [-0.15, -0.1) is 11.3 Å². The molecule has 0 unspecified atom stereocenters. The number of thiazole rings is 1. The molecule has 0 radical (unpaired) electrons. The predicted molar refractivity (Wildman–Crippen MR) is 62.2 cm³/mol. The van der Waals surface area contributed by atoms with E-state index in [4.69, 9.17) is 0 Å². The summed E-state index contributed by atoms with van der Waals surface area (Å²) in [4.78, 5) is 15.1. The fourth-order valence-corrected chi connectivity index (χ4v) is 1.78. The van der Waals surface area contributed by atoms with Crippen LogP contribution in [0.3, 0.4) is 0 Å². The van der Waals surface area contributed by atoms with Gasteiger partial charge in [0.05, 0.1) is 9.88 Å². The SMILES string of the molecule is CC.CC.O=Cc1cnc(C2CC2)s1. The molecule has 0 aromatic carbocycles. The molecule has 1 aliphatic rings. The molecular weight excluding hydrogens is 194 g/mol. The summed E-state index contributed by atoms with van der Waals surface area (Å²) in [5, 5.41) is 1.14. The van der Waals surface area contributed by atoms with Crippen LogP contribution in [0, 0.1) is 0 Å². The Kier molecular flexibility index (Phi) is 7.30. The van der Waals surface area contributed by atoms with E-state index in [1.54, 1.807) is 6.20 Å². The molecule has 0 atom stereocenters. The van der Waals surface area contributed by atoms with Crippen molar-refractivity contribution < 1.29 is 4.79 Å². The average Bonchev–Trinajstić information content (AvgIpc) is 3.03. The third kappa shape index (κ3) is 4.01. The second-order valence-corrected chi connectivity index (χ2v) is 3.59. The molecule has 0 saturated heterocycles. The minimum absolute atomic E-state index is 0.679. The molecule has 14 heavy (non-hydrogen) atoms. The molecule has 0 N–H and O–H groups in total. The van der Waals surface area contributed by atoms with Crippen LogP contribution in [-0.4, -0.2) is 11.3 Å². The smallest absolute Gasteiger partial charge is 0.161 e. The van der Waals surface area contributed by atoms with Crippen LogP contribution in [0.15, 0.2) is 6.20 Å². The van der Waals surface area contributed by atoms with Crippen molar-refractivity contribution in [2.24, 2.45) is 0 Å². The summed E-state index contributed by atoms with van der Waals surface area (Å²) in [6, 6.07) is 0. The molecule has 1 aliphatic carbocycles. The second kappa shape index (κ2) is 7.68. The van der Waals surface area contributed by atoms with Crippen LogP contribution < -0.4 is 0 Å². The highest BCUT2D eigenvalue weighted by Crippen LogP contribution is 2.41. The highest BCUT2D eigenvalue weighted by molar-refractivity contribution is 7.13. The number of aldehydes is 1. The number of nitrogens with zero attached hydrogens (tertiary/aromatic N) is 1. The van der Waals surface area contributed by atoms with Crippen molar-refractivity contribution in [3.05, 3.63) is 16.1 Å². The lowest BCUT2D eigenvalue weighted by molar-refractivity contribution is 0.112. The van der Waals surface area contributed by atoms with Gasteiger partial charge in [-0.1, -0.05) is 27.7 Å². The summed E-state index contributed by atoms with van der Waals surface area (Å²) in [6.45, 7) is 8.00. The highest BCUT2D eigenvalue weighted by atomic mass is 32.1. The van der Waals surface area contributed by atoms with E-state index in [0.29, 0.717) is 5.92 Å². The summed E-state index contributed by atoms with van der Waals surface area (Å²) >= 11 is 1.52. The normalized spacial score (nSPS) is 13.1. The van der Waals surface area contributed by atoms with Crippen molar-refractivity contribution in [1.29, 1.82) is 0 Å². The first-order valence-electron chi connectivity index (χ1n) is 5.31. The first kappa shape index (κ1) is 13.3. The van der Waals surface area contributed by atoms with Gasteiger partial charge in [-0.25, -0.2) is 4.98 Å². The van der Waals surface area contributed by atoms with E-state index in [1.165, 1.54) is 24.2 Å². The fourth-order valence-electron chi connectivity index (χ4n) is 0.874. The molecule has 0 spiro atoms. The van der Waals surface area contributed by atoms with Gasteiger partial charge in [-0.2, -0.15) is 0 Å².